The van der Waals surface area contributed by atoms with Crippen molar-refractivity contribution in [3.8, 4) is 0 Å². The topological polar surface area (TPSA) is 49.4 Å². The van der Waals surface area contributed by atoms with Crippen LogP contribution >= 0.6 is 0 Å². The number of hydrogen-bond donors (Lipinski definition) is 1. The van der Waals surface area contributed by atoms with Crippen molar-refractivity contribution in [1.29, 1.82) is 0 Å². The number of anilines is 1. The summed E-state index contributed by atoms with van der Waals surface area (Å²) in [6.45, 7) is 4.75. The predicted molar refractivity (Wildman–Crippen MR) is 83.5 cm³/mol. The first-order valence-corrected chi connectivity index (χ1v) is 7.21. The molecule has 1 aliphatic heterocycles. The van der Waals surface area contributed by atoms with Gasteiger partial charge < -0.3 is 0 Å². The molecule has 0 radical (unpaired) electrons. The first kappa shape index (κ1) is 13.6. The Balaban J connectivity index is 2.13. The number of amides is 3. The van der Waals surface area contributed by atoms with Crippen molar-refractivity contribution in [3.05, 3.63) is 42.0 Å². The van der Waals surface area contributed by atoms with Gasteiger partial charge in [-0.05, 0) is 22.9 Å². The molecule has 4 heteroatoms. The van der Waals surface area contributed by atoms with Gasteiger partial charge in [0, 0.05) is 18.4 Å². The fraction of sp³-hybridized carbons (Fsp3) is 0.294. The normalized spacial score (nSPS) is 15.7. The lowest BCUT2D eigenvalue weighted by atomic mass is 9.95. The molecule has 0 saturated carbocycles. The minimum Gasteiger partial charge on any atom is -0.293 e. The van der Waals surface area contributed by atoms with E-state index in [2.05, 4.69) is 31.3 Å². The summed E-state index contributed by atoms with van der Waals surface area (Å²) in [5, 5.41) is 4.59. The van der Waals surface area contributed by atoms with E-state index in [-0.39, 0.29) is 11.9 Å². The molecule has 0 bridgehead atoms. The molecular weight excluding hydrogens is 264 g/mol. The molecule has 3 rings (SSSR count). The number of rotatable bonds is 2. The van der Waals surface area contributed by atoms with Gasteiger partial charge in [-0.1, -0.05) is 44.2 Å². The molecule has 0 spiro atoms. The summed E-state index contributed by atoms with van der Waals surface area (Å²) in [4.78, 5) is 25.0. The van der Waals surface area contributed by atoms with Gasteiger partial charge in [0.05, 0.1) is 5.69 Å². The first-order chi connectivity index (χ1) is 10.1. The zero-order valence-corrected chi connectivity index (χ0v) is 12.2. The molecule has 3 amide bonds. The molecule has 4 nitrogen and oxygen atoms in total. The van der Waals surface area contributed by atoms with Crippen LogP contribution in [0.1, 0.15) is 31.7 Å². The highest BCUT2D eigenvalue weighted by atomic mass is 16.2. The van der Waals surface area contributed by atoms with Crippen LogP contribution in [0.5, 0.6) is 0 Å². The standard InChI is InChI=1S/C17H18N2O2/c1-11(2)12-5-3-7-14-13(12)6-4-8-15(14)19-10-9-16(20)18-17(19)21/h3-8,11H,9-10H2,1-2H3,(H,18,20,21). The van der Waals surface area contributed by atoms with Crippen LogP contribution in [0.2, 0.25) is 0 Å². The van der Waals surface area contributed by atoms with E-state index in [0.717, 1.165) is 16.5 Å². The molecule has 0 unspecified atom stereocenters. The molecule has 21 heavy (non-hydrogen) atoms. The minimum absolute atomic E-state index is 0.209. The lowest BCUT2D eigenvalue weighted by molar-refractivity contribution is -0.120. The number of nitrogens with one attached hydrogen (secondary N) is 1. The number of nitrogens with zero attached hydrogens (tertiary/aromatic N) is 1. The SMILES string of the molecule is CC(C)c1cccc2c(N3CCC(=O)NC3=O)cccc12. The summed E-state index contributed by atoms with van der Waals surface area (Å²) in [6.07, 6.45) is 0.339. The van der Waals surface area contributed by atoms with Gasteiger partial charge in [0.25, 0.3) is 0 Å². The second-order valence-corrected chi connectivity index (χ2v) is 5.63. The van der Waals surface area contributed by atoms with Crippen molar-refractivity contribution in [1.82, 2.24) is 5.32 Å². The van der Waals surface area contributed by atoms with Crippen LogP contribution in [-0.2, 0) is 4.79 Å². The highest BCUT2D eigenvalue weighted by Gasteiger charge is 2.25. The molecule has 0 aromatic heterocycles. The number of imide groups is 1. The van der Waals surface area contributed by atoms with Crippen molar-refractivity contribution < 1.29 is 9.59 Å². The second-order valence-electron chi connectivity index (χ2n) is 5.63. The maximum absolute atomic E-state index is 12.1. The van der Waals surface area contributed by atoms with Crippen molar-refractivity contribution in [2.45, 2.75) is 26.2 Å². The summed E-state index contributed by atoms with van der Waals surface area (Å²) >= 11 is 0. The summed E-state index contributed by atoms with van der Waals surface area (Å²) in [5.41, 5.74) is 2.13. The van der Waals surface area contributed by atoms with Gasteiger partial charge in [0.1, 0.15) is 0 Å². The molecule has 2 aromatic rings. The van der Waals surface area contributed by atoms with Gasteiger partial charge in [-0.15, -0.1) is 0 Å². The molecule has 1 aliphatic rings. The van der Waals surface area contributed by atoms with E-state index in [1.807, 2.05) is 24.3 Å². The third-order valence-electron chi connectivity index (χ3n) is 3.90. The van der Waals surface area contributed by atoms with Crippen LogP contribution in [0, 0.1) is 0 Å². The Morgan fingerprint density at radius 3 is 2.48 bits per heavy atom. The molecule has 108 valence electrons. The van der Waals surface area contributed by atoms with E-state index < -0.39 is 0 Å². The third kappa shape index (κ3) is 2.37. The average Bonchev–Trinajstić information content (AvgIpc) is 2.46. The Kier molecular flexibility index (Phi) is 3.37. The van der Waals surface area contributed by atoms with E-state index in [0.29, 0.717) is 18.9 Å². The maximum atomic E-state index is 12.1. The van der Waals surface area contributed by atoms with Gasteiger partial charge >= 0.3 is 6.03 Å². The van der Waals surface area contributed by atoms with Crippen LogP contribution in [0.15, 0.2) is 36.4 Å². The lowest BCUT2D eigenvalue weighted by Crippen LogP contribution is -2.49. The van der Waals surface area contributed by atoms with Crippen LogP contribution < -0.4 is 10.2 Å². The number of hydrogen-bond acceptors (Lipinski definition) is 2. The fourth-order valence-electron chi connectivity index (χ4n) is 2.85. The third-order valence-corrected chi connectivity index (χ3v) is 3.90. The highest BCUT2D eigenvalue weighted by molar-refractivity contribution is 6.10. The summed E-state index contributed by atoms with van der Waals surface area (Å²) in [7, 11) is 0. The van der Waals surface area contributed by atoms with Crippen LogP contribution in [0.3, 0.4) is 0 Å². The second kappa shape index (κ2) is 5.20. The predicted octanol–water partition coefficient (Wildman–Crippen LogP) is 3.41. The number of carbonyl (C=O) groups excluding carboxylic acids is 2. The Bertz CT molecular complexity index is 722. The molecule has 0 atom stereocenters. The van der Waals surface area contributed by atoms with E-state index >= 15 is 0 Å². The molecular formula is C17H18N2O2. The summed E-state index contributed by atoms with van der Waals surface area (Å²) < 4.78 is 0. The zero-order valence-electron chi connectivity index (χ0n) is 12.2. The monoisotopic (exact) mass is 282 g/mol. The Morgan fingerprint density at radius 2 is 1.76 bits per heavy atom. The maximum Gasteiger partial charge on any atom is 0.328 e. The van der Waals surface area contributed by atoms with Crippen LogP contribution in [0.4, 0.5) is 10.5 Å². The smallest absolute Gasteiger partial charge is 0.293 e. The van der Waals surface area contributed by atoms with E-state index in [9.17, 15) is 9.59 Å². The average molecular weight is 282 g/mol. The van der Waals surface area contributed by atoms with Gasteiger partial charge in [0.15, 0.2) is 0 Å². The molecule has 1 heterocycles. The lowest BCUT2D eigenvalue weighted by Gasteiger charge is -2.28. The molecule has 2 aromatic carbocycles. The van der Waals surface area contributed by atoms with Gasteiger partial charge in [0.2, 0.25) is 5.91 Å². The van der Waals surface area contributed by atoms with Crippen LogP contribution in [-0.4, -0.2) is 18.5 Å². The van der Waals surface area contributed by atoms with Crippen molar-refractivity contribution >= 4 is 28.4 Å². The number of fused-ring (bicyclic) bond motifs is 1. The summed E-state index contributed by atoms with van der Waals surface area (Å²) in [6, 6.07) is 11.8. The Labute approximate surface area is 123 Å². The first-order valence-electron chi connectivity index (χ1n) is 7.21. The minimum atomic E-state index is -0.339. The van der Waals surface area contributed by atoms with Gasteiger partial charge in [-0.2, -0.15) is 0 Å². The van der Waals surface area contributed by atoms with Gasteiger partial charge in [-0.25, -0.2) is 4.79 Å². The fourth-order valence-corrected chi connectivity index (χ4v) is 2.85. The molecule has 1 saturated heterocycles. The number of urea groups is 1. The molecule has 1 N–H and O–H groups in total. The Morgan fingerprint density at radius 1 is 1.05 bits per heavy atom. The molecule has 0 aliphatic carbocycles. The summed E-state index contributed by atoms with van der Waals surface area (Å²) in [5.74, 6) is 0.208. The van der Waals surface area contributed by atoms with Gasteiger partial charge in [-0.3, -0.25) is 15.0 Å². The van der Waals surface area contributed by atoms with Crippen molar-refractivity contribution in [2.75, 3.05) is 11.4 Å². The number of benzene rings is 2. The van der Waals surface area contributed by atoms with E-state index in [4.69, 9.17) is 0 Å². The molecule has 1 fully saturated rings. The zero-order chi connectivity index (χ0) is 15.0. The van der Waals surface area contributed by atoms with Crippen LogP contribution in [0.25, 0.3) is 10.8 Å². The van der Waals surface area contributed by atoms with E-state index in [1.54, 1.807) is 4.90 Å². The highest BCUT2D eigenvalue weighted by Crippen LogP contribution is 2.32. The van der Waals surface area contributed by atoms with Crippen molar-refractivity contribution in [2.24, 2.45) is 0 Å². The van der Waals surface area contributed by atoms with Crippen molar-refractivity contribution in [3.63, 3.8) is 0 Å². The quantitative estimate of drug-likeness (QED) is 0.917. The number of carbonyl (C=O) groups is 2. The largest absolute Gasteiger partial charge is 0.328 e. The van der Waals surface area contributed by atoms with E-state index in [1.165, 1.54) is 5.56 Å². The Hall–Kier alpha value is -2.36.